The molecule has 0 saturated heterocycles. The van der Waals surface area contributed by atoms with E-state index in [4.69, 9.17) is 11.6 Å². The van der Waals surface area contributed by atoms with Gasteiger partial charge in [0.15, 0.2) is 0 Å². The van der Waals surface area contributed by atoms with Crippen molar-refractivity contribution in [1.29, 1.82) is 0 Å². The highest BCUT2D eigenvalue weighted by atomic mass is 35.5. The smallest absolute Gasteiger partial charge is 0.0411 e. The second kappa shape index (κ2) is 9.39. The maximum atomic E-state index is 6.18. The lowest BCUT2D eigenvalue weighted by molar-refractivity contribution is 0.470. The van der Waals surface area contributed by atoms with E-state index in [1.807, 2.05) is 6.07 Å². The minimum absolute atomic E-state index is 0.453. The van der Waals surface area contributed by atoms with Gasteiger partial charge in [0, 0.05) is 11.1 Å². The standard InChI is InChI=1S/C17H28ClN/c1-4-6-7-8-9-17(19-10-5-2)15-11-14(3)12-16(18)13-15/h11-13,17,19H,4-10H2,1-3H3. The van der Waals surface area contributed by atoms with Crippen LogP contribution in [0.5, 0.6) is 0 Å². The normalized spacial score (nSPS) is 12.6. The lowest BCUT2D eigenvalue weighted by Gasteiger charge is -2.20. The topological polar surface area (TPSA) is 12.0 Å². The molecule has 1 aromatic carbocycles. The van der Waals surface area contributed by atoms with E-state index in [1.165, 1.54) is 49.7 Å². The van der Waals surface area contributed by atoms with Crippen LogP contribution in [0, 0.1) is 6.92 Å². The maximum Gasteiger partial charge on any atom is 0.0411 e. The molecule has 0 aromatic heterocycles. The molecule has 2 heteroatoms. The van der Waals surface area contributed by atoms with Crippen LogP contribution in [0.4, 0.5) is 0 Å². The van der Waals surface area contributed by atoms with Crippen LogP contribution in [0.3, 0.4) is 0 Å². The summed E-state index contributed by atoms with van der Waals surface area (Å²) in [5.41, 5.74) is 2.59. The number of halogens is 1. The van der Waals surface area contributed by atoms with E-state index >= 15 is 0 Å². The Bertz CT molecular complexity index is 342. The summed E-state index contributed by atoms with van der Waals surface area (Å²) in [7, 11) is 0. The van der Waals surface area contributed by atoms with Gasteiger partial charge in [-0.25, -0.2) is 0 Å². The van der Waals surface area contributed by atoms with Gasteiger partial charge in [-0.05, 0) is 49.6 Å². The average Bonchev–Trinajstić information content (AvgIpc) is 2.36. The lowest BCUT2D eigenvalue weighted by Crippen LogP contribution is -2.22. The van der Waals surface area contributed by atoms with E-state index in [0.717, 1.165) is 11.6 Å². The monoisotopic (exact) mass is 281 g/mol. The van der Waals surface area contributed by atoms with Crippen molar-refractivity contribution in [1.82, 2.24) is 5.32 Å². The molecule has 0 bridgehead atoms. The zero-order chi connectivity index (χ0) is 14.1. The molecule has 1 unspecified atom stereocenters. The van der Waals surface area contributed by atoms with Gasteiger partial charge in [0.1, 0.15) is 0 Å². The first-order chi connectivity index (χ1) is 9.17. The van der Waals surface area contributed by atoms with Crippen LogP contribution in [-0.2, 0) is 0 Å². The van der Waals surface area contributed by atoms with Crippen LogP contribution in [-0.4, -0.2) is 6.54 Å². The molecule has 1 rings (SSSR count). The Morgan fingerprint density at radius 3 is 2.47 bits per heavy atom. The SMILES string of the molecule is CCCCCCC(NCCC)c1cc(C)cc(Cl)c1. The van der Waals surface area contributed by atoms with Crippen LogP contribution in [0.2, 0.25) is 5.02 Å². The van der Waals surface area contributed by atoms with Crippen LogP contribution in [0.1, 0.15) is 69.5 Å². The zero-order valence-electron chi connectivity index (χ0n) is 12.6. The molecule has 0 heterocycles. The van der Waals surface area contributed by atoms with Gasteiger partial charge in [-0.2, -0.15) is 0 Å². The van der Waals surface area contributed by atoms with Gasteiger partial charge in [0.25, 0.3) is 0 Å². The highest BCUT2D eigenvalue weighted by molar-refractivity contribution is 6.30. The van der Waals surface area contributed by atoms with E-state index in [-0.39, 0.29) is 0 Å². The number of hydrogen-bond donors (Lipinski definition) is 1. The Hall–Kier alpha value is -0.530. The van der Waals surface area contributed by atoms with Gasteiger partial charge in [-0.1, -0.05) is 57.2 Å². The average molecular weight is 282 g/mol. The third-order valence-electron chi connectivity index (χ3n) is 3.45. The zero-order valence-corrected chi connectivity index (χ0v) is 13.4. The fourth-order valence-corrected chi connectivity index (χ4v) is 2.74. The molecule has 0 aliphatic rings. The predicted octanol–water partition coefficient (Wildman–Crippen LogP) is 5.66. The highest BCUT2D eigenvalue weighted by Crippen LogP contribution is 2.24. The van der Waals surface area contributed by atoms with Gasteiger partial charge >= 0.3 is 0 Å². The van der Waals surface area contributed by atoms with Gasteiger partial charge in [0.2, 0.25) is 0 Å². The fraction of sp³-hybridized carbons (Fsp3) is 0.647. The van der Waals surface area contributed by atoms with Crippen molar-refractivity contribution in [2.45, 2.75) is 65.3 Å². The fourth-order valence-electron chi connectivity index (χ4n) is 2.45. The minimum Gasteiger partial charge on any atom is -0.310 e. The first-order valence-electron chi connectivity index (χ1n) is 7.67. The van der Waals surface area contributed by atoms with Crippen LogP contribution >= 0.6 is 11.6 Å². The molecule has 19 heavy (non-hydrogen) atoms. The molecule has 1 aromatic rings. The Labute approximate surface area is 123 Å². The summed E-state index contributed by atoms with van der Waals surface area (Å²) >= 11 is 6.18. The number of nitrogens with one attached hydrogen (secondary N) is 1. The van der Waals surface area contributed by atoms with Gasteiger partial charge in [-0.3, -0.25) is 0 Å². The van der Waals surface area contributed by atoms with E-state index in [2.05, 4.69) is 38.2 Å². The van der Waals surface area contributed by atoms with Crippen LogP contribution in [0.25, 0.3) is 0 Å². The molecule has 1 nitrogen and oxygen atoms in total. The molecular formula is C17H28ClN. The largest absolute Gasteiger partial charge is 0.310 e. The van der Waals surface area contributed by atoms with E-state index in [9.17, 15) is 0 Å². The Morgan fingerprint density at radius 2 is 1.84 bits per heavy atom. The van der Waals surface area contributed by atoms with E-state index in [1.54, 1.807) is 0 Å². The van der Waals surface area contributed by atoms with Gasteiger partial charge in [0.05, 0.1) is 0 Å². The third kappa shape index (κ3) is 6.44. The Kier molecular flexibility index (Phi) is 8.16. The van der Waals surface area contributed by atoms with Crippen molar-refractivity contribution >= 4 is 11.6 Å². The molecule has 0 spiro atoms. The highest BCUT2D eigenvalue weighted by Gasteiger charge is 2.11. The summed E-state index contributed by atoms with van der Waals surface area (Å²) in [6.45, 7) is 7.66. The molecule has 0 aliphatic heterocycles. The van der Waals surface area contributed by atoms with Crippen molar-refractivity contribution in [3.63, 3.8) is 0 Å². The molecule has 1 N–H and O–H groups in total. The van der Waals surface area contributed by atoms with Crippen LogP contribution < -0.4 is 5.32 Å². The number of benzene rings is 1. The Morgan fingerprint density at radius 1 is 1.05 bits per heavy atom. The number of hydrogen-bond acceptors (Lipinski definition) is 1. The quantitative estimate of drug-likeness (QED) is 0.576. The molecule has 0 radical (unpaired) electrons. The van der Waals surface area contributed by atoms with Crippen molar-refractivity contribution < 1.29 is 0 Å². The summed E-state index contributed by atoms with van der Waals surface area (Å²) in [6, 6.07) is 6.86. The summed E-state index contributed by atoms with van der Waals surface area (Å²) < 4.78 is 0. The predicted molar refractivity (Wildman–Crippen MR) is 86.0 cm³/mol. The summed E-state index contributed by atoms with van der Waals surface area (Å²) in [5.74, 6) is 0. The van der Waals surface area contributed by atoms with Gasteiger partial charge in [-0.15, -0.1) is 0 Å². The number of aryl methyl sites for hydroxylation is 1. The van der Waals surface area contributed by atoms with Crippen LogP contribution in [0.15, 0.2) is 18.2 Å². The van der Waals surface area contributed by atoms with E-state index < -0.39 is 0 Å². The number of rotatable bonds is 9. The first kappa shape index (κ1) is 16.5. The second-order valence-electron chi connectivity index (χ2n) is 5.42. The molecule has 0 aliphatic carbocycles. The van der Waals surface area contributed by atoms with Gasteiger partial charge < -0.3 is 5.32 Å². The van der Waals surface area contributed by atoms with Crippen molar-refractivity contribution in [3.8, 4) is 0 Å². The Balaban J connectivity index is 2.65. The second-order valence-corrected chi connectivity index (χ2v) is 5.85. The number of unbranched alkanes of at least 4 members (excludes halogenated alkanes) is 3. The lowest BCUT2D eigenvalue weighted by atomic mass is 9.98. The molecule has 0 fully saturated rings. The molecule has 0 saturated carbocycles. The minimum atomic E-state index is 0.453. The van der Waals surface area contributed by atoms with Crippen molar-refractivity contribution in [3.05, 3.63) is 34.3 Å². The summed E-state index contributed by atoms with van der Waals surface area (Å²) in [6.07, 6.45) is 7.64. The summed E-state index contributed by atoms with van der Waals surface area (Å²) in [4.78, 5) is 0. The molecule has 108 valence electrons. The molecular weight excluding hydrogens is 254 g/mol. The molecule has 1 atom stereocenters. The third-order valence-corrected chi connectivity index (χ3v) is 3.67. The first-order valence-corrected chi connectivity index (χ1v) is 8.05. The van der Waals surface area contributed by atoms with E-state index in [0.29, 0.717) is 6.04 Å². The van der Waals surface area contributed by atoms with Crippen molar-refractivity contribution in [2.24, 2.45) is 0 Å². The molecule has 0 amide bonds. The maximum absolute atomic E-state index is 6.18. The van der Waals surface area contributed by atoms with Crippen molar-refractivity contribution in [2.75, 3.05) is 6.54 Å². The summed E-state index contributed by atoms with van der Waals surface area (Å²) in [5, 5.41) is 4.51.